The van der Waals surface area contributed by atoms with Crippen molar-refractivity contribution in [2.45, 2.75) is 51.2 Å². The lowest BCUT2D eigenvalue weighted by atomic mass is 9.95. The zero-order chi connectivity index (χ0) is 24.0. The molecule has 2 aromatic heterocycles. The minimum Gasteiger partial charge on any atom is -0.497 e. The number of aliphatic carboxylic acids is 2. The Morgan fingerprint density at radius 2 is 1.91 bits per heavy atom. The van der Waals surface area contributed by atoms with E-state index in [2.05, 4.69) is 32.1 Å². The molecule has 0 aliphatic carbocycles. The molecule has 3 atom stereocenters. The number of carbonyl (C=O) groups is 2. The maximum absolute atomic E-state index is 9.00. The van der Waals surface area contributed by atoms with Crippen LogP contribution in [0.5, 0.6) is 5.75 Å². The van der Waals surface area contributed by atoms with E-state index in [-0.39, 0.29) is 0 Å². The summed E-state index contributed by atoms with van der Waals surface area (Å²) in [5.74, 6) is 0.217. The first kappa shape index (κ1) is 24.4. The number of carboxylic acid groups (broad SMARTS) is 2. The van der Waals surface area contributed by atoms with Gasteiger partial charge in [0.25, 0.3) is 11.9 Å². The van der Waals surface area contributed by atoms with Gasteiger partial charge in [-0.05, 0) is 31.4 Å². The maximum atomic E-state index is 9.00. The average molecular weight is 473 g/mol. The van der Waals surface area contributed by atoms with Crippen LogP contribution in [0.15, 0.2) is 42.9 Å². The minimum absolute atomic E-state index is 0.513. The lowest BCUT2D eigenvalue weighted by molar-refractivity contribution is -0.135. The van der Waals surface area contributed by atoms with E-state index in [9.17, 15) is 0 Å². The Morgan fingerprint density at radius 1 is 1.18 bits per heavy atom. The van der Waals surface area contributed by atoms with Crippen molar-refractivity contribution in [3.8, 4) is 27.0 Å². The topological polar surface area (TPSA) is 127 Å². The number of rotatable bonds is 4. The Hall–Kier alpha value is -3.24. The normalized spacial score (nSPS) is 20.3. The molecule has 33 heavy (non-hydrogen) atoms. The van der Waals surface area contributed by atoms with Crippen molar-refractivity contribution in [3.05, 3.63) is 42.9 Å². The molecule has 0 radical (unpaired) electrons. The summed E-state index contributed by atoms with van der Waals surface area (Å²) in [5, 5.41) is 19.5. The van der Waals surface area contributed by atoms with E-state index in [0.29, 0.717) is 18.1 Å². The Labute approximate surface area is 196 Å². The summed E-state index contributed by atoms with van der Waals surface area (Å²) in [7, 11) is 1.69. The number of imidazole rings is 1. The zero-order valence-corrected chi connectivity index (χ0v) is 19.6. The lowest BCUT2D eigenvalue weighted by Gasteiger charge is -2.23. The number of fused-ring (bicyclic) bond motifs is 2. The summed E-state index contributed by atoms with van der Waals surface area (Å²) in [6, 6.07) is 9.82. The molecule has 0 unspecified atom stereocenters. The van der Waals surface area contributed by atoms with Crippen molar-refractivity contribution in [1.29, 1.82) is 0 Å². The van der Waals surface area contributed by atoms with E-state index in [1.54, 1.807) is 18.4 Å². The van der Waals surface area contributed by atoms with Crippen molar-refractivity contribution < 1.29 is 24.5 Å². The number of nitrogens with one attached hydrogen (secondary N) is 1. The largest absolute Gasteiger partial charge is 0.497 e. The van der Waals surface area contributed by atoms with Crippen LogP contribution in [0.2, 0.25) is 0 Å². The van der Waals surface area contributed by atoms with Crippen molar-refractivity contribution in [3.63, 3.8) is 0 Å². The molecule has 0 spiro atoms. The van der Waals surface area contributed by atoms with Gasteiger partial charge in [-0.15, -0.1) is 11.3 Å². The molecule has 2 bridgehead atoms. The van der Waals surface area contributed by atoms with Gasteiger partial charge in [-0.2, -0.15) is 0 Å². The Kier molecular flexibility index (Phi) is 8.18. The SMILES string of the molecule is CC(=O)O.CC(=O)O.COc1cccc(-c2ncc(-c3nccn3[C@H]3C[C@H]4CC[C@@H]3N4)s2)c1. The number of aromatic nitrogens is 3. The van der Waals surface area contributed by atoms with Crippen molar-refractivity contribution >= 4 is 23.3 Å². The van der Waals surface area contributed by atoms with Gasteiger partial charge in [0.05, 0.1) is 18.0 Å². The first-order valence-corrected chi connectivity index (χ1v) is 11.4. The fourth-order valence-corrected chi connectivity index (χ4v) is 5.05. The first-order valence-electron chi connectivity index (χ1n) is 10.6. The Morgan fingerprint density at radius 3 is 2.52 bits per heavy atom. The molecule has 2 aliphatic heterocycles. The third kappa shape index (κ3) is 6.39. The predicted octanol–water partition coefficient (Wildman–Crippen LogP) is 3.93. The van der Waals surface area contributed by atoms with Crippen LogP contribution in [-0.4, -0.2) is 55.9 Å². The number of hydrogen-bond acceptors (Lipinski definition) is 7. The van der Waals surface area contributed by atoms with Crippen molar-refractivity contribution in [1.82, 2.24) is 19.9 Å². The quantitative estimate of drug-likeness (QED) is 0.521. The van der Waals surface area contributed by atoms with E-state index in [1.165, 1.54) is 19.3 Å². The standard InChI is InChI=1S/C19H20N4OS.2C2H4O2/c1-24-14-4-2-3-12(9-14)19-21-11-17(25-19)18-20-7-8-23(18)16-10-13-5-6-15(16)22-13;2*1-2(3)4/h2-4,7-9,11,13,15-16,22H,5-6,10H2,1H3;2*1H3,(H,3,4)/t13-,15+,16+;;/m1../s1. The van der Waals surface area contributed by atoms with Crippen LogP contribution in [0, 0.1) is 0 Å². The molecule has 0 amide bonds. The van der Waals surface area contributed by atoms with Gasteiger partial charge >= 0.3 is 0 Å². The van der Waals surface area contributed by atoms with Gasteiger partial charge in [0.15, 0.2) is 5.82 Å². The fraction of sp³-hybridized carbons (Fsp3) is 0.391. The number of ether oxygens (including phenoxy) is 1. The van der Waals surface area contributed by atoms with E-state index in [4.69, 9.17) is 24.5 Å². The molecule has 10 heteroatoms. The summed E-state index contributed by atoms with van der Waals surface area (Å²) >= 11 is 1.69. The molecular formula is C23H28N4O5S. The van der Waals surface area contributed by atoms with Crippen LogP contribution in [0.25, 0.3) is 21.3 Å². The summed E-state index contributed by atoms with van der Waals surface area (Å²) < 4.78 is 7.67. The number of thiazole rings is 1. The molecule has 176 valence electrons. The number of carboxylic acids is 2. The number of hydrogen-bond donors (Lipinski definition) is 3. The second-order valence-electron chi connectivity index (χ2n) is 7.81. The molecule has 3 N–H and O–H groups in total. The second-order valence-corrected chi connectivity index (χ2v) is 8.84. The van der Waals surface area contributed by atoms with Gasteiger partial charge in [0.1, 0.15) is 10.8 Å². The molecule has 5 rings (SSSR count). The third-order valence-corrected chi connectivity index (χ3v) is 6.38. The molecule has 9 nitrogen and oxygen atoms in total. The van der Waals surface area contributed by atoms with Gasteiger partial charge in [0.2, 0.25) is 0 Å². The third-order valence-electron chi connectivity index (χ3n) is 5.34. The van der Waals surface area contributed by atoms with E-state index >= 15 is 0 Å². The molecule has 4 heterocycles. The zero-order valence-electron chi connectivity index (χ0n) is 18.8. The van der Waals surface area contributed by atoms with Crippen LogP contribution in [0.1, 0.15) is 39.2 Å². The highest BCUT2D eigenvalue weighted by molar-refractivity contribution is 7.18. The van der Waals surface area contributed by atoms with Crippen LogP contribution in [0.3, 0.4) is 0 Å². The Bertz CT molecular complexity index is 1080. The van der Waals surface area contributed by atoms with Crippen LogP contribution >= 0.6 is 11.3 Å². The van der Waals surface area contributed by atoms with Crippen molar-refractivity contribution in [2.75, 3.05) is 7.11 Å². The minimum atomic E-state index is -0.833. The smallest absolute Gasteiger partial charge is 0.300 e. The van der Waals surface area contributed by atoms with Crippen LogP contribution in [0.4, 0.5) is 0 Å². The highest BCUT2D eigenvalue weighted by Gasteiger charge is 2.40. The highest BCUT2D eigenvalue weighted by Crippen LogP contribution is 2.40. The molecule has 2 saturated heterocycles. The second kappa shape index (κ2) is 11.1. The van der Waals surface area contributed by atoms with E-state index < -0.39 is 11.9 Å². The van der Waals surface area contributed by atoms with Gasteiger partial charge in [-0.25, -0.2) is 9.97 Å². The molecular weight excluding hydrogens is 444 g/mol. The van der Waals surface area contributed by atoms with Gasteiger partial charge in [-0.1, -0.05) is 12.1 Å². The lowest BCUT2D eigenvalue weighted by Crippen LogP contribution is -2.25. The van der Waals surface area contributed by atoms with Crippen LogP contribution < -0.4 is 10.1 Å². The monoisotopic (exact) mass is 472 g/mol. The van der Waals surface area contributed by atoms with Gasteiger partial charge in [-0.3, -0.25) is 9.59 Å². The summed E-state index contributed by atoms with van der Waals surface area (Å²) in [6.07, 6.45) is 9.75. The molecule has 3 aromatic rings. The molecule has 0 saturated carbocycles. The van der Waals surface area contributed by atoms with E-state index in [1.807, 2.05) is 30.6 Å². The van der Waals surface area contributed by atoms with Gasteiger partial charge in [0, 0.05) is 50.1 Å². The summed E-state index contributed by atoms with van der Waals surface area (Å²) in [6.45, 7) is 2.17. The average Bonchev–Trinajstić information content (AvgIpc) is 3.56. The number of nitrogens with zero attached hydrogens (tertiary/aromatic N) is 3. The number of benzene rings is 1. The molecule has 2 aliphatic rings. The fourth-order valence-electron chi connectivity index (χ4n) is 4.14. The van der Waals surface area contributed by atoms with Crippen LogP contribution in [-0.2, 0) is 9.59 Å². The predicted molar refractivity (Wildman–Crippen MR) is 126 cm³/mol. The van der Waals surface area contributed by atoms with Gasteiger partial charge < -0.3 is 24.8 Å². The summed E-state index contributed by atoms with van der Waals surface area (Å²) in [5.41, 5.74) is 1.08. The Balaban J connectivity index is 0.000000335. The number of methoxy groups -OCH3 is 1. The molecule has 2 fully saturated rings. The van der Waals surface area contributed by atoms with Crippen molar-refractivity contribution in [2.24, 2.45) is 0 Å². The highest BCUT2D eigenvalue weighted by atomic mass is 32.1. The first-order chi connectivity index (χ1) is 15.8. The summed E-state index contributed by atoms with van der Waals surface area (Å²) in [4.78, 5) is 28.4. The van der Waals surface area contributed by atoms with E-state index in [0.717, 1.165) is 40.9 Å². The molecule has 1 aromatic carbocycles. The maximum Gasteiger partial charge on any atom is 0.300 e.